The molecule has 0 aliphatic carbocycles. The molecule has 0 radical (unpaired) electrons. The van der Waals surface area contributed by atoms with Gasteiger partial charge in [-0.2, -0.15) is 0 Å². The Bertz CT molecular complexity index is 1040. The highest BCUT2D eigenvalue weighted by molar-refractivity contribution is 5.93. The minimum absolute atomic E-state index is 0.0578. The Kier molecular flexibility index (Phi) is 6.72. The van der Waals surface area contributed by atoms with Gasteiger partial charge in [0.05, 0.1) is 0 Å². The van der Waals surface area contributed by atoms with Crippen LogP contribution < -0.4 is 0 Å². The van der Waals surface area contributed by atoms with E-state index in [1.54, 1.807) is 0 Å². The van der Waals surface area contributed by atoms with Crippen LogP contribution in [0.15, 0.2) is 42.5 Å². The number of phenols is 4. The third-order valence-corrected chi connectivity index (χ3v) is 4.19. The molecule has 164 valence electrons. The lowest BCUT2D eigenvalue weighted by Crippen LogP contribution is -2.56. The molecule has 11 heteroatoms. The first-order valence-electron chi connectivity index (χ1n) is 8.54. The summed E-state index contributed by atoms with van der Waals surface area (Å²) in [5.41, 5.74) is -2.94. The van der Waals surface area contributed by atoms with E-state index in [2.05, 4.69) is 4.74 Å². The van der Waals surface area contributed by atoms with Crippen molar-refractivity contribution in [3.63, 3.8) is 0 Å². The first-order chi connectivity index (χ1) is 14.4. The van der Waals surface area contributed by atoms with Gasteiger partial charge in [0, 0.05) is 12.5 Å². The predicted molar refractivity (Wildman–Crippen MR) is 102 cm³/mol. The molecule has 0 heterocycles. The standard InChI is InChI=1S/C20H18O11/c21-12-4-1-10(7-14(12)23)3-6-16(25)31-17(18(26)27)20(30,19(28)29)9-11-2-5-13(22)15(24)8-11/h1-8,17,21-24,30H,9H2,(H,26,27)(H,28,29)/t17-,20+/m0/s1. The Morgan fingerprint density at radius 3 is 2.00 bits per heavy atom. The second-order valence-electron chi connectivity index (χ2n) is 6.47. The van der Waals surface area contributed by atoms with E-state index in [0.717, 1.165) is 42.5 Å². The SMILES string of the molecule is O=C(C=Cc1ccc(O)c(O)c1)O[C@@H](C(=O)O)[C@](O)(Cc1ccc(O)c(O)c1)C(=O)O. The van der Waals surface area contributed by atoms with Gasteiger partial charge in [-0.25, -0.2) is 14.4 Å². The fourth-order valence-electron chi connectivity index (χ4n) is 2.59. The van der Waals surface area contributed by atoms with Gasteiger partial charge < -0.3 is 40.5 Å². The van der Waals surface area contributed by atoms with Crippen LogP contribution in [-0.2, 0) is 25.5 Å². The van der Waals surface area contributed by atoms with Crippen molar-refractivity contribution in [1.82, 2.24) is 0 Å². The molecule has 2 aromatic rings. The molecule has 2 aromatic carbocycles. The van der Waals surface area contributed by atoms with E-state index in [0.29, 0.717) is 0 Å². The van der Waals surface area contributed by atoms with Crippen molar-refractivity contribution in [3.05, 3.63) is 53.6 Å². The fraction of sp³-hybridized carbons (Fsp3) is 0.150. The summed E-state index contributed by atoms with van der Waals surface area (Å²) in [5, 5.41) is 66.9. The molecule has 2 rings (SSSR count). The van der Waals surface area contributed by atoms with Crippen LogP contribution in [0.1, 0.15) is 11.1 Å². The highest BCUT2D eigenvalue weighted by Crippen LogP contribution is 2.29. The lowest BCUT2D eigenvalue weighted by molar-refractivity contribution is -0.192. The normalized spacial score (nSPS) is 14.0. The van der Waals surface area contributed by atoms with Crippen LogP contribution in [0.25, 0.3) is 6.08 Å². The lowest BCUT2D eigenvalue weighted by atomic mass is 9.88. The Balaban J connectivity index is 2.27. The van der Waals surface area contributed by atoms with Gasteiger partial charge in [0.1, 0.15) is 0 Å². The maximum atomic E-state index is 12.0. The number of aliphatic carboxylic acids is 2. The number of carbonyl (C=O) groups excluding carboxylic acids is 1. The number of carboxylic acids is 2. The smallest absolute Gasteiger partial charge is 0.348 e. The van der Waals surface area contributed by atoms with Crippen LogP contribution >= 0.6 is 0 Å². The quantitative estimate of drug-likeness (QED) is 0.174. The van der Waals surface area contributed by atoms with Crippen LogP contribution in [0.3, 0.4) is 0 Å². The van der Waals surface area contributed by atoms with Crippen molar-refractivity contribution in [3.8, 4) is 23.0 Å². The van der Waals surface area contributed by atoms with E-state index < -0.39 is 59.0 Å². The number of carbonyl (C=O) groups is 3. The van der Waals surface area contributed by atoms with Crippen LogP contribution in [0.5, 0.6) is 23.0 Å². The Morgan fingerprint density at radius 1 is 0.903 bits per heavy atom. The average Bonchev–Trinajstić information content (AvgIpc) is 2.69. The third kappa shape index (κ3) is 5.42. The molecule has 7 N–H and O–H groups in total. The first kappa shape index (κ1) is 23.0. The monoisotopic (exact) mass is 434 g/mol. The largest absolute Gasteiger partial charge is 0.504 e. The number of ether oxygens (including phenoxy) is 1. The van der Waals surface area contributed by atoms with E-state index in [4.69, 9.17) is 0 Å². The molecule has 0 fully saturated rings. The number of aromatic hydroxyl groups is 4. The molecule has 0 saturated carbocycles. The molecule has 0 saturated heterocycles. The summed E-state index contributed by atoms with van der Waals surface area (Å²) in [4.78, 5) is 35.3. The molecular weight excluding hydrogens is 416 g/mol. The van der Waals surface area contributed by atoms with Crippen molar-refractivity contribution in [2.75, 3.05) is 0 Å². The zero-order valence-corrected chi connectivity index (χ0v) is 15.7. The van der Waals surface area contributed by atoms with Crippen molar-refractivity contribution in [2.45, 2.75) is 18.1 Å². The number of hydrogen-bond donors (Lipinski definition) is 7. The summed E-state index contributed by atoms with van der Waals surface area (Å²) in [5.74, 6) is -7.30. The topological polar surface area (TPSA) is 202 Å². The van der Waals surface area contributed by atoms with Crippen molar-refractivity contribution >= 4 is 24.0 Å². The highest BCUT2D eigenvalue weighted by atomic mass is 16.6. The molecule has 0 spiro atoms. The minimum Gasteiger partial charge on any atom is -0.504 e. The summed E-state index contributed by atoms with van der Waals surface area (Å²) in [6.07, 6.45) is -1.59. The van der Waals surface area contributed by atoms with Gasteiger partial charge in [0.15, 0.2) is 23.0 Å². The molecule has 11 nitrogen and oxygen atoms in total. The summed E-state index contributed by atoms with van der Waals surface area (Å²) in [7, 11) is 0. The van der Waals surface area contributed by atoms with Gasteiger partial charge in [-0.15, -0.1) is 0 Å². The number of rotatable bonds is 8. The maximum absolute atomic E-state index is 12.0. The molecule has 0 aliphatic heterocycles. The van der Waals surface area contributed by atoms with E-state index in [-0.39, 0.29) is 11.1 Å². The third-order valence-electron chi connectivity index (χ3n) is 4.19. The first-order valence-corrected chi connectivity index (χ1v) is 8.54. The Labute approximate surface area is 174 Å². The average molecular weight is 434 g/mol. The van der Waals surface area contributed by atoms with E-state index in [9.17, 15) is 50.1 Å². The van der Waals surface area contributed by atoms with E-state index in [1.807, 2.05) is 0 Å². The van der Waals surface area contributed by atoms with E-state index >= 15 is 0 Å². The number of carboxylic acid groups (broad SMARTS) is 2. The number of hydrogen-bond acceptors (Lipinski definition) is 9. The number of phenolic OH excluding ortho intramolecular Hbond substituents is 4. The molecule has 0 aliphatic rings. The second-order valence-corrected chi connectivity index (χ2v) is 6.47. The van der Waals surface area contributed by atoms with Gasteiger partial charge in [0.25, 0.3) is 0 Å². The Morgan fingerprint density at radius 2 is 1.48 bits per heavy atom. The summed E-state index contributed by atoms with van der Waals surface area (Å²) >= 11 is 0. The van der Waals surface area contributed by atoms with Crippen LogP contribution in [0, 0.1) is 0 Å². The minimum atomic E-state index is -3.12. The molecule has 0 unspecified atom stereocenters. The van der Waals surface area contributed by atoms with Gasteiger partial charge in [0.2, 0.25) is 11.7 Å². The van der Waals surface area contributed by atoms with Gasteiger partial charge in [-0.3, -0.25) is 0 Å². The fourth-order valence-corrected chi connectivity index (χ4v) is 2.59. The van der Waals surface area contributed by atoms with Crippen molar-refractivity contribution < 1.29 is 54.9 Å². The zero-order chi connectivity index (χ0) is 23.3. The molecule has 0 amide bonds. The van der Waals surface area contributed by atoms with Crippen molar-refractivity contribution in [2.24, 2.45) is 0 Å². The summed E-state index contributed by atoms with van der Waals surface area (Å²) in [6.45, 7) is 0. The lowest BCUT2D eigenvalue weighted by Gasteiger charge is -2.29. The molecule has 2 atom stereocenters. The summed E-state index contributed by atoms with van der Waals surface area (Å²) < 4.78 is 4.66. The second kappa shape index (κ2) is 9.05. The van der Waals surface area contributed by atoms with Crippen LogP contribution in [0.4, 0.5) is 0 Å². The van der Waals surface area contributed by atoms with Gasteiger partial charge >= 0.3 is 17.9 Å². The van der Waals surface area contributed by atoms with Gasteiger partial charge in [-0.05, 0) is 41.5 Å². The van der Waals surface area contributed by atoms with Crippen LogP contribution in [-0.4, -0.2) is 65.4 Å². The molecule has 31 heavy (non-hydrogen) atoms. The maximum Gasteiger partial charge on any atom is 0.348 e. The number of aliphatic hydroxyl groups is 1. The zero-order valence-electron chi connectivity index (χ0n) is 15.7. The molecule has 0 aromatic heterocycles. The van der Waals surface area contributed by atoms with Gasteiger partial charge in [-0.1, -0.05) is 12.1 Å². The number of benzene rings is 2. The molecule has 0 bridgehead atoms. The highest BCUT2D eigenvalue weighted by Gasteiger charge is 2.51. The Hall–Kier alpha value is -4.25. The summed E-state index contributed by atoms with van der Waals surface area (Å²) in [6, 6.07) is 6.61. The van der Waals surface area contributed by atoms with Crippen molar-refractivity contribution in [1.29, 1.82) is 0 Å². The number of esters is 1. The van der Waals surface area contributed by atoms with Crippen LogP contribution in [0.2, 0.25) is 0 Å². The van der Waals surface area contributed by atoms with E-state index in [1.165, 1.54) is 6.07 Å². The molecular formula is C20H18O11. The predicted octanol–water partition coefficient (Wildman–Crippen LogP) is 0.577.